The highest BCUT2D eigenvalue weighted by Gasteiger charge is 2.64. The van der Waals surface area contributed by atoms with Crippen molar-refractivity contribution in [2.45, 2.75) is 51.6 Å². The van der Waals surface area contributed by atoms with Crippen LogP contribution in [0.4, 0.5) is 35.1 Å². The van der Waals surface area contributed by atoms with Crippen molar-refractivity contribution in [2.24, 2.45) is 0 Å². The molecule has 0 heterocycles. The van der Waals surface area contributed by atoms with Crippen molar-refractivity contribution in [3.8, 4) is 0 Å². The van der Waals surface area contributed by atoms with Gasteiger partial charge in [0.25, 0.3) is 0 Å². The zero-order valence-electron chi connectivity index (χ0n) is 18.6. The average Bonchev–Trinajstić information content (AvgIpc) is 2.71. The van der Waals surface area contributed by atoms with Crippen molar-refractivity contribution >= 4 is 23.9 Å². The van der Waals surface area contributed by atoms with Crippen LogP contribution >= 0.6 is 0 Å². The second-order valence-corrected chi connectivity index (χ2v) is 6.44. The Hall–Kier alpha value is -3.20. The van der Waals surface area contributed by atoms with Crippen molar-refractivity contribution in [1.29, 1.82) is 0 Å². The summed E-state index contributed by atoms with van der Waals surface area (Å²) in [5.74, 6) is -12.3. The van der Waals surface area contributed by atoms with E-state index in [1.165, 1.54) is 13.8 Å². The predicted octanol–water partition coefficient (Wildman–Crippen LogP) is 3.84. The maximum absolute atomic E-state index is 12.3. The topological polar surface area (TPSA) is 105 Å². The van der Waals surface area contributed by atoms with Crippen molar-refractivity contribution in [3.63, 3.8) is 0 Å². The Labute approximate surface area is 193 Å². The SMILES string of the molecule is C=C(C)C(=O)OC(CC)COC(=O)C(F)(F)F.C=C(C)C(=O)OCCOC(=O)C(F)(F)C(F)(F)F. The Bertz CT molecular complexity index is 787. The van der Waals surface area contributed by atoms with Crippen LogP contribution in [0.3, 0.4) is 0 Å². The molecule has 0 spiro atoms. The van der Waals surface area contributed by atoms with Crippen LogP contribution in [0.15, 0.2) is 24.3 Å². The van der Waals surface area contributed by atoms with Crippen LogP contribution in [0.2, 0.25) is 0 Å². The van der Waals surface area contributed by atoms with Crippen molar-refractivity contribution in [1.82, 2.24) is 0 Å². The first-order chi connectivity index (χ1) is 15.7. The van der Waals surface area contributed by atoms with Gasteiger partial charge in [-0.15, -0.1) is 0 Å². The molecule has 0 radical (unpaired) electrons. The summed E-state index contributed by atoms with van der Waals surface area (Å²) in [5.41, 5.74) is 0.118. The monoisotopic (exact) mass is 530 g/mol. The molecule has 35 heavy (non-hydrogen) atoms. The van der Waals surface area contributed by atoms with E-state index < -0.39 is 68.1 Å². The molecule has 0 aromatic rings. The molecule has 0 saturated heterocycles. The summed E-state index contributed by atoms with van der Waals surface area (Å²) in [5, 5.41) is 0. The first-order valence-electron chi connectivity index (χ1n) is 9.23. The minimum absolute atomic E-state index is 0.00180. The van der Waals surface area contributed by atoms with E-state index in [9.17, 15) is 54.3 Å². The van der Waals surface area contributed by atoms with E-state index in [-0.39, 0.29) is 17.6 Å². The third-order valence-electron chi connectivity index (χ3n) is 3.22. The van der Waals surface area contributed by atoms with Crippen LogP contribution in [0.5, 0.6) is 0 Å². The van der Waals surface area contributed by atoms with Crippen molar-refractivity contribution in [3.05, 3.63) is 24.3 Å². The molecule has 0 saturated carbocycles. The lowest BCUT2D eigenvalue weighted by Crippen LogP contribution is -2.45. The van der Waals surface area contributed by atoms with Crippen LogP contribution in [-0.4, -0.2) is 68.1 Å². The highest BCUT2D eigenvalue weighted by molar-refractivity contribution is 5.87. The molecule has 1 unspecified atom stereocenters. The number of hydrogen-bond donors (Lipinski definition) is 0. The first-order valence-corrected chi connectivity index (χ1v) is 9.23. The van der Waals surface area contributed by atoms with E-state index in [4.69, 9.17) is 4.74 Å². The molecule has 202 valence electrons. The van der Waals surface area contributed by atoms with Crippen molar-refractivity contribution in [2.75, 3.05) is 19.8 Å². The Morgan fingerprint density at radius 2 is 1.20 bits per heavy atom. The standard InChI is InChI=1S/C10H13F3O4.C9H9F5O4/c1-4-7(17-8(14)6(2)3)5-16-9(15)10(11,12)13;1-5(2)6(15)17-3-4-18-7(16)8(10,11)9(12,13)14/h7H,2,4-5H2,1,3H3;1,3-4H2,2H3. The number of esters is 4. The summed E-state index contributed by atoms with van der Waals surface area (Å²) in [7, 11) is 0. The Kier molecular flexibility index (Phi) is 13.8. The maximum Gasteiger partial charge on any atom is 0.490 e. The van der Waals surface area contributed by atoms with Gasteiger partial charge in [-0.3, -0.25) is 0 Å². The van der Waals surface area contributed by atoms with Gasteiger partial charge in [-0.2, -0.15) is 35.1 Å². The molecule has 0 amide bonds. The number of hydrogen-bond acceptors (Lipinski definition) is 8. The number of carbonyl (C=O) groups excluding carboxylic acids is 4. The largest absolute Gasteiger partial charge is 0.490 e. The fourth-order valence-electron chi connectivity index (χ4n) is 1.34. The van der Waals surface area contributed by atoms with E-state index in [1.54, 1.807) is 6.92 Å². The zero-order chi connectivity index (χ0) is 28.2. The fourth-order valence-corrected chi connectivity index (χ4v) is 1.34. The summed E-state index contributed by atoms with van der Waals surface area (Å²) in [4.78, 5) is 42.7. The highest BCUT2D eigenvalue weighted by Crippen LogP contribution is 2.36. The lowest BCUT2D eigenvalue weighted by atomic mass is 10.3. The lowest BCUT2D eigenvalue weighted by Gasteiger charge is -2.17. The van der Waals surface area contributed by atoms with Crippen molar-refractivity contribution < 1.29 is 73.2 Å². The zero-order valence-corrected chi connectivity index (χ0v) is 18.6. The molecule has 0 rings (SSSR count). The van der Waals surface area contributed by atoms with Crippen LogP contribution < -0.4 is 0 Å². The van der Waals surface area contributed by atoms with Gasteiger partial charge in [0.05, 0.1) is 0 Å². The highest BCUT2D eigenvalue weighted by atomic mass is 19.4. The van der Waals surface area contributed by atoms with Crippen LogP contribution in [0.25, 0.3) is 0 Å². The number of ether oxygens (including phenoxy) is 4. The molecule has 0 fully saturated rings. The van der Waals surface area contributed by atoms with E-state index >= 15 is 0 Å². The maximum atomic E-state index is 12.3. The number of rotatable bonds is 10. The van der Waals surface area contributed by atoms with Gasteiger partial charge in [0.1, 0.15) is 25.9 Å². The summed E-state index contributed by atoms with van der Waals surface area (Å²) in [6, 6.07) is 0. The Balaban J connectivity index is 0. The second kappa shape index (κ2) is 14.3. The molecule has 0 aromatic heterocycles. The molecule has 0 aliphatic rings. The summed E-state index contributed by atoms with van der Waals surface area (Å²) in [6.07, 6.45) is -11.8. The smallest absolute Gasteiger partial charge is 0.459 e. The molecule has 8 nitrogen and oxygen atoms in total. The molecule has 16 heteroatoms. The number of alkyl halides is 8. The normalized spacial score (nSPS) is 12.3. The minimum atomic E-state index is -6.03. The fraction of sp³-hybridized carbons (Fsp3) is 0.579. The van der Waals surface area contributed by atoms with Gasteiger partial charge in [-0.05, 0) is 20.3 Å². The van der Waals surface area contributed by atoms with Gasteiger partial charge in [0.15, 0.2) is 0 Å². The van der Waals surface area contributed by atoms with Gasteiger partial charge >= 0.3 is 42.2 Å². The van der Waals surface area contributed by atoms with Gasteiger partial charge in [-0.1, -0.05) is 20.1 Å². The van der Waals surface area contributed by atoms with Gasteiger partial charge in [-0.25, -0.2) is 19.2 Å². The minimum Gasteiger partial charge on any atom is -0.459 e. The molecule has 0 bridgehead atoms. The second-order valence-electron chi connectivity index (χ2n) is 6.44. The predicted molar refractivity (Wildman–Crippen MR) is 99.7 cm³/mol. The quantitative estimate of drug-likeness (QED) is 0.138. The molecular formula is C19H22F8O8. The molecule has 0 aromatic carbocycles. The summed E-state index contributed by atoms with van der Waals surface area (Å²) >= 11 is 0. The van der Waals surface area contributed by atoms with Crippen LogP contribution in [0, 0.1) is 0 Å². The number of halogens is 8. The third kappa shape index (κ3) is 13.3. The molecule has 1 atom stereocenters. The average molecular weight is 530 g/mol. The molecular weight excluding hydrogens is 508 g/mol. The van der Waals surface area contributed by atoms with Gasteiger partial charge in [0.2, 0.25) is 0 Å². The van der Waals surface area contributed by atoms with E-state index in [0.717, 1.165) is 0 Å². The number of carbonyl (C=O) groups is 4. The first kappa shape index (κ1) is 34.0. The molecule has 0 aliphatic carbocycles. The third-order valence-corrected chi connectivity index (χ3v) is 3.22. The van der Waals surface area contributed by atoms with E-state index in [2.05, 4.69) is 27.4 Å². The van der Waals surface area contributed by atoms with E-state index in [0.29, 0.717) is 0 Å². The van der Waals surface area contributed by atoms with Crippen LogP contribution in [0.1, 0.15) is 27.2 Å². The summed E-state index contributed by atoms with van der Waals surface area (Å²) < 4.78 is 112. The molecule has 0 aliphatic heterocycles. The van der Waals surface area contributed by atoms with Gasteiger partial charge < -0.3 is 18.9 Å². The van der Waals surface area contributed by atoms with E-state index in [1.807, 2.05) is 0 Å². The van der Waals surface area contributed by atoms with Gasteiger partial charge in [0, 0.05) is 11.1 Å². The lowest BCUT2D eigenvalue weighted by molar-refractivity contribution is -0.280. The Morgan fingerprint density at radius 1 is 0.743 bits per heavy atom. The summed E-state index contributed by atoms with van der Waals surface area (Å²) in [6.45, 7) is 8.59. The molecule has 0 N–H and O–H groups in total. The Morgan fingerprint density at radius 3 is 1.57 bits per heavy atom. The van der Waals surface area contributed by atoms with Crippen LogP contribution in [-0.2, 0) is 38.1 Å².